The number of fused-ring (bicyclic) bond motifs is 1. The highest BCUT2D eigenvalue weighted by Crippen LogP contribution is 2.34. The van der Waals surface area contributed by atoms with Crippen LogP contribution in [0, 0.1) is 13.8 Å². The van der Waals surface area contributed by atoms with Crippen molar-refractivity contribution in [3.63, 3.8) is 0 Å². The number of hydrogen-bond acceptors (Lipinski definition) is 1. The number of nitrogens with one attached hydrogen (secondary N) is 1. The lowest BCUT2D eigenvalue weighted by molar-refractivity contribution is 0.0978. The molecule has 0 bridgehead atoms. The summed E-state index contributed by atoms with van der Waals surface area (Å²) in [7, 11) is 0. The Hall–Kier alpha value is -3.13. The Morgan fingerprint density at radius 2 is 1.48 bits per heavy atom. The molecule has 1 N–H and O–H groups in total. The zero-order valence-corrected chi connectivity index (χ0v) is 15.7. The molecule has 4 rings (SSSR count). The number of Topliss-reactive ketones (excluding diaryl/α,β-unsaturated/α-hetero) is 1. The highest BCUT2D eigenvalue weighted by Gasteiger charge is 2.22. The average molecular weight is 353 g/mol. The van der Waals surface area contributed by atoms with Gasteiger partial charge in [-0.05, 0) is 31.0 Å². The maximum Gasteiger partial charge on any atom is 0.163 e. The number of aryl methyl sites for hydroxylation is 2. The van der Waals surface area contributed by atoms with Crippen LogP contribution in [0.25, 0.3) is 10.9 Å². The smallest absolute Gasteiger partial charge is 0.163 e. The molecule has 0 saturated carbocycles. The molecule has 1 heterocycles. The van der Waals surface area contributed by atoms with Crippen LogP contribution in [0.4, 0.5) is 0 Å². The third-order valence-corrected chi connectivity index (χ3v) is 5.24. The Morgan fingerprint density at radius 1 is 0.852 bits per heavy atom. The normalized spacial score (nSPS) is 12.2. The molecule has 1 aromatic heterocycles. The summed E-state index contributed by atoms with van der Waals surface area (Å²) < 4.78 is 0. The summed E-state index contributed by atoms with van der Waals surface area (Å²) in [6.07, 6.45) is 2.51. The molecule has 1 atom stereocenters. The maximum atomic E-state index is 13.0. The van der Waals surface area contributed by atoms with Gasteiger partial charge in [0.25, 0.3) is 0 Å². The zero-order chi connectivity index (χ0) is 18.8. The summed E-state index contributed by atoms with van der Waals surface area (Å²) in [5, 5.41) is 1.18. The number of aromatic nitrogens is 1. The van der Waals surface area contributed by atoms with Crippen LogP contribution in [-0.4, -0.2) is 10.8 Å². The SMILES string of the molecule is Cc1ccc(C(=O)CC(c2ccc(C)cc2)c2c[nH]c3ccccc23)cc1. The number of hydrogen-bond donors (Lipinski definition) is 1. The average Bonchev–Trinajstić information content (AvgIpc) is 3.11. The van der Waals surface area contributed by atoms with Crippen molar-refractivity contribution in [1.29, 1.82) is 0 Å². The number of ketones is 1. The molecule has 0 fully saturated rings. The van der Waals surface area contributed by atoms with E-state index in [0.717, 1.165) is 11.1 Å². The maximum absolute atomic E-state index is 13.0. The van der Waals surface area contributed by atoms with Crippen LogP contribution in [0.3, 0.4) is 0 Å². The first-order valence-corrected chi connectivity index (χ1v) is 9.34. The molecule has 27 heavy (non-hydrogen) atoms. The van der Waals surface area contributed by atoms with Crippen molar-refractivity contribution >= 4 is 16.7 Å². The topological polar surface area (TPSA) is 32.9 Å². The van der Waals surface area contributed by atoms with Crippen molar-refractivity contribution < 1.29 is 4.79 Å². The van der Waals surface area contributed by atoms with Gasteiger partial charge in [0.2, 0.25) is 0 Å². The van der Waals surface area contributed by atoms with Gasteiger partial charge in [0, 0.05) is 35.0 Å². The van der Waals surface area contributed by atoms with Crippen LogP contribution >= 0.6 is 0 Å². The predicted molar refractivity (Wildman–Crippen MR) is 111 cm³/mol. The van der Waals surface area contributed by atoms with Gasteiger partial charge in [-0.3, -0.25) is 4.79 Å². The molecule has 0 saturated heterocycles. The van der Waals surface area contributed by atoms with E-state index in [1.54, 1.807) is 0 Å². The fourth-order valence-electron chi connectivity index (χ4n) is 3.63. The van der Waals surface area contributed by atoms with Crippen LogP contribution in [0.5, 0.6) is 0 Å². The van der Waals surface area contributed by atoms with E-state index in [-0.39, 0.29) is 11.7 Å². The fourth-order valence-corrected chi connectivity index (χ4v) is 3.63. The van der Waals surface area contributed by atoms with E-state index in [2.05, 4.69) is 54.5 Å². The molecule has 0 spiro atoms. The van der Waals surface area contributed by atoms with E-state index in [0.29, 0.717) is 6.42 Å². The van der Waals surface area contributed by atoms with Gasteiger partial charge in [-0.1, -0.05) is 77.9 Å². The van der Waals surface area contributed by atoms with Crippen molar-refractivity contribution in [3.05, 3.63) is 107 Å². The van der Waals surface area contributed by atoms with Gasteiger partial charge in [-0.2, -0.15) is 0 Å². The first-order chi connectivity index (χ1) is 13.1. The molecule has 0 radical (unpaired) electrons. The molecule has 3 aromatic carbocycles. The highest BCUT2D eigenvalue weighted by atomic mass is 16.1. The first-order valence-electron chi connectivity index (χ1n) is 9.34. The molecule has 0 aliphatic rings. The van der Waals surface area contributed by atoms with Crippen LogP contribution < -0.4 is 0 Å². The Labute approximate surface area is 159 Å². The summed E-state index contributed by atoms with van der Waals surface area (Å²) in [4.78, 5) is 16.4. The first kappa shape index (κ1) is 17.3. The van der Waals surface area contributed by atoms with Crippen molar-refractivity contribution in [1.82, 2.24) is 4.98 Å². The molecule has 1 unspecified atom stereocenters. The minimum atomic E-state index is 0.0237. The summed E-state index contributed by atoms with van der Waals surface area (Å²) >= 11 is 0. The second-order valence-corrected chi connectivity index (χ2v) is 7.25. The molecular weight excluding hydrogens is 330 g/mol. The number of rotatable bonds is 5. The van der Waals surface area contributed by atoms with E-state index in [1.165, 1.54) is 27.6 Å². The van der Waals surface area contributed by atoms with Crippen LogP contribution in [0.1, 0.15) is 45.0 Å². The van der Waals surface area contributed by atoms with Gasteiger partial charge in [0.05, 0.1) is 0 Å². The van der Waals surface area contributed by atoms with Crippen molar-refractivity contribution in [2.24, 2.45) is 0 Å². The standard InChI is InChI=1S/C25H23NO/c1-17-7-11-19(12-8-17)22(15-25(27)20-13-9-18(2)10-14-20)23-16-26-24-6-4-3-5-21(23)24/h3-14,16,22,26H,15H2,1-2H3. The lowest BCUT2D eigenvalue weighted by atomic mass is 9.85. The van der Waals surface area contributed by atoms with E-state index in [4.69, 9.17) is 0 Å². The van der Waals surface area contributed by atoms with Gasteiger partial charge < -0.3 is 4.98 Å². The van der Waals surface area contributed by atoms with E-state index in [1.807, 2.05) is 43.3 Å². The number of benzene rings is 3. The van der Waals surface area contributed by atoms with Crippen molar-refractivity contribution in [2.75, 3.05) is 0 Å². The summed E-state index contributed by atoms with van der Waals surface area (Å²) in [6.45, 7) is 4.12. The summed E-state index contributed by atoms with van der Waals surface area (Å²) in [5.74, 6) is 0.196. The number of H-pyrrole nitrogens is 1. The molecule has 2 nitrogen and oxygen atoms in total. The van der Waals surface area contributed by atoms with E-state index >= 15 is 0 Å². The second kappa shape index (κ2) is 7.24. The van der Waals surface area contributed by atoms with Gasteiger partial charge in [-0.15, -0.1) is 0 Å². The third-order valence-electron chi connectivity index (χ3n) is 5.24. The van der Waals surface area contributed by atoms with Crippen LogP contribution in [0.2, 0.25) is 0 Å². The Bertz CT molecular complexity index is 1070. The lowest BCUT2D eigenvalue weighted by Crippen LogP contribution is -2.09. The lowest BCUT2D eigenvalue weighted by Gasteiger charge is -2.17. The minimum Gasteiger partial charge on any atom is -0.361 e. The highest BCUT2D eigenvalue weighted by molar-refractivity contribution is 5.97. The largest absolute Gasteiger partial charge is 0.361 e. The molecule has 2 heteroatoms. The molecule has 0 aliphatic carbocycles. The van der Waals surface area contributed by atoms with Crippen LogP contribution in [0.15, 0.2) is 79.0 Å². The third kappa shape index (κ3) is 3.56. The minimum absolute atomic E-state index is 0.0237. The number of carbonyl (C=O) groups excluding carboxylic acids is 1. The van der Waals surface area contributed by atoms with Crippen LogP contribution in [-0.2, 0) is 0 Å². The monoisotopic (exact) mass is 353 g/mol. The Kier molecular flexibility index (Phi) is 4.64. The Balaban J connectivity index is 1.75. The second-order valence-electron chi connectivity index (χ2n) is 7.25. The van der Waals surface area contributed by atoms with Gasteiger partial charge in [-0.25, -0.2) is 0 Å². The Morgan fingerprint density at radius 3 is 2.19 bits per heavy atom. The van der Waals surface area contributed by atoms with Gasteiger partial charge >= 0.3 is 0 Å². The molecule has 4 aromatic rings. The quantitative estimate of drug-likeness (QED) is 0.426. The predicted octanol–water partition coefficient (Wildman–Crippen LogP) is 6.19. The fraction of sp³-hybridized carbons (Fsp3) is 0.160. The summed E-state index contributed by atoms with van der Waals surface area (Å²) in [5.41, 5.74) is 6.62. The van der Waals surface area contributed by atoms with Crippen molar-refractivity contribution in [3.8, 4) is 0 Å². The molecular formula is C25H23NO. The van der Waals surface area contributed by atoms with Gasteiger partial charge in [0.15, 0.2) is 5.78 Å². The number of carbonyl (C=O) groups is 1. The summed E-state index contributed by atoms with van der Waals surface area (Å²) in [6, 6.07) is 24.7. The van der Waals surface area contributed by atoms with E-state index < -0.39 is 0 Å². The molecule has 0 amide bonds. The molecule has 0 aliphatic heterocycles. The van der Waals surface area contributed by atoms with Gasteiger partial charge in [0.1, 0.15) is 0 Å². The zero-order valence-electron chi connectivity index (χ0n) is 15.7. The number of para-hydroxylation sites is 1. The molecule has 134 valence electrons. The van der Waals surface area contributed by atoms with E-state index in [9.17, 15) is 4.79 Å². The number of aromatic amines is 1. The van der Waals surface area contributed by atoms with Crippen molar-refractivity contribution in [2.45, 2.75) is 26.2 Å².